The van der Waals surface area contributed by atoms with Gasteiger partial charge in [-0.3, -0.25) is 4.98 Å². The van der Waals surface area contributed by atoms with Crippen molar-refractivity contribution in [3.05, 3.63) is 53.5 Å². The van der Waals surface area contributed by atoms with Crippen molar-refractivity contribution in [3.8, 4) is 0 Å². The highest BCUT2D eigenvalue weighted by Gasteiger charge is 2.10. The Hall–Kier alpha value is -2.43. The van der Waals surface area contributed by atoms with Crippen molar-refractivity contribution >= 4 is 11.8 Å². The van der Waals surface area contributed by atoms with Crippen LogP contribution in [0.4, 0.5) is 5.82 Å². The van der Waals surface area contributed by atoms with Gasteiger partial charge in [-0.15, -0.1) is 0 Å². The molecule has 1 unspecified atom stereocenters. The minimum Gasteiger partial charge on any atom is -0.478 e. The zero-order chi connectivity index (χ0) is 13.8. The molecule has 0 saturated carbocycles. The Labute approximate surface area is 111 Å². The van der Waals surface area contributed by atoms with E-state index in [9.17, 15) is 4.79 Å². The minimum absolute atomic E-state index is 0.0443. The molecule has 0 aromatic carbocycles. The number of hydrogen-bond donors (Lipinski definition) is 2. The number of carboxylic acid groups (broad SMARTS) is 1. The van der Waals surface area contributed by atoms with Gasteiger partial charge >= 0.3 is 5.97 Å². The number of rotatable bonds is 4. The van der Waals surface area contributed by atoms with Gasteiger partial charge in [0.2, 0.25) is 0 Å². The van der Waals surface area contributed by atoms with Gasteiger partial charge in [-0.25, -0.2) is 9.78 Å². The smallest absolute Gasteiger partial charge is 0.335 e. The molecule has 98 valence electrons. The van der Waals surface area contributed by atoms with E-state index >= 15 is 0 Å². The topological polar surface area (TPSA) is 75.1 Å². The van der Waals surface area contributed by atoms with Crippen LogP contribution in [0.1, 0.15) is 34.7 Å². The Balaban J connectivity index is 2.21. The molecule has 5 nitrogen and oxygen atoms in total. The van der Waals surface area contributed by atoms with E-state index in [1.54, 1.807) is 19.2 Å². The minimum atomic E-state index is -0.959. The number of anilines is 1. The molecule has 0 bridgehead atoms. The Morgan fingerprint density at radius 2 is 2.16 bits per heavy atom. The molecule has 0 radical (unpaired) electrons. The van der Waals surface area contributed by atoms with E-state index in [0.29, 0.717) is 11.5 Å². The van der Waals surface area contributed by atoms with Gasteiger partial charge in [0.15, 0.2) is 0 Å². The quantitative estimate of drug-likeness (QED) is 0.880. The van der Waals surface area contributed by atoms with Gasteiger partial charge in [0, 0.05) is 11.9 Å². The monoisotopic (exact) mass is 257 g/mol. The number of nitrogens with one attached hydrogen (secondary N) is 1. The second kappa shape index (κ2) is 5.48. The van der Waals surface area contributed by atoms with Crippen molar-refractivity contribution in [1.82, 2.24) is 9.97 Å². The zero-order valence-corrected chi connectivity index (χ0v) is 10.8. The fraction of sp³-hybridized carbons (Fsp3) is 0.214. The lowest BCUT2D eigenvalue weighted by Gasteiger charge is -2.14. The number of carboxylic acids is 1. The van der Waals surface area contributed by atoms with Crippen molar-refractivity contribution in [2.45, 2.75) is 19.9 Å². The molecule has 2 aromatic rings. The highest BCUT2D eigenvalue weighted by molar-refractivity contribution is 5.88. The van der Waals surface area contributed by atoms with Crippen LogP contribution >= 0.6 is 0 Å². The molecule has 0 aliphatic rings. The van der Waals surface area contributed by atoms with E-state index in [-0.39, 0.29) is 11.6 Å². The standard InChI is InChI=1S/C14H15N3O2/c1-9-7-11(14(18)19)8-13(16-9)17-10(2)12-5-3-4-6-15-12/h3-8,10H,1-2H3,(H,16,17)(H,18,19). The van der Waals surface area contributed by atoms with Crippen LogP contribution in [0, 0.1) is 6.92 Å². The summed E-state index contributed by atoms with van der Waals surface area (Å²) < 4.78 is 0. The Morgan fingerprint density at radius 3 is 2.79 bits per heavy atom. The molecule has 1 atom stereocenters. The first-order valence-corrected chi connectivity index (χ1v) is 5.95. The fourth-order valence-electron chi connectivity index (χ4n) is 1.79. The number of aromatic nitrogens is 2. The number of nitrogens with zero attached hydrogens (tertiary/aromatic N) is 2. The van der Waals surface area contributed by atoms with Crippen molar-refractivity contribution < 1.29 is 9.90 Å². The maximum absolute atomic E-state index is 11.0. The van der Waals surface area contributed by atoms with E-state index < -0.39 is 5.97 Å². The third-order valence-electron chi connectivity index (χ3n) is 2.70. The summed E-state index contributed by atoms with van der Waals surface area (Å²) in [5, 5.41) is 12.2. The first-order valence-electron chi connectivity index (χ1n) is 5.95. The summed E-state index contributed by atoms with van der Waals surface area (Å²) in [4.78, 5) is 19.5. The van der Waals surface area contributed by atoms with Gasteiger partial charge in [0.05, 0.1) is 17.3 Å². The number of aromatic carboxylic acids is 1. The number of carbonyl (C=O) groups is 1. The normalized spacial score (nSPS) is 11.9. The van der Waals surface area contributed by atoms with Gasteiger partial charge in [0.25, 0.3) is 0 Å². The van der Waals surface area contributed by atoms with Crippen LogP contribution in [-0.2, 0) is 0 Å². The van der Waals surface area contributed by atoms with Gasteiger partial charge in [-0.1, -0.05) is 6.07 Å². The molecule has 2 rings (SSSR count). The molecule has 0 fully saturated rings. The van der Waals surface area contributed by atoms with Gasteiger partial charge < -0.3 is 10.4 Å². The van der Waals surface area contributed by atoms with E-state index in [2.05, 4.69) is 15.3 Å². The van der Waals surface area contributed by atoms with Gasteiger partial charge in [-0.05, 0) is 38.1 Å². The molecule has 0 amide bonds. The van der Waals surface area contributed by atoms with Crippen molar-refractivity contribution in [1.29, 1.82) is 0 Å². The lowest BCUT2D eigenvalue weighted by molar-refractivity contribution is 0.0696. The van der Waals surface area contributed by atoms with Crippen LogP contribution in [0.3, 0.4) is 0 Å². The third kappa shape index (κ3) is 3.28. The molecule has 19 heavy (non-hydrogen) atoms. The highest BCUT2D eigenvalue weighted by Crippen LogP contribution is 2.17. The summed E-state index contributed by atoms with van der Waals surface area (Å²) >= 11 is 0. The summed E-state index contributed by atoms with van der Waals surface area (Å²) in [5.74, 6) is -0.422. The average Bonchev–Trinajstić information content (AvgIpc) is 2.39. The Kier molecular flexibility index (Phi) is 3.75. The molecule has 0 spiro atoms. The summed E-state index contributed by atoms with van der Waals surface area (Å²) in [6.45, 7) is 3.72. The average molecular weight is 257 g/mol. The van der Waals surface area contributed by atoms with E-state index in [1.165, 1.54) is 6.07 Å². The summed E-state index contributed by atoms with van der Waals surface area (Å²) in [7, 11) is 0. The second-order valence-electron chi connectivity index (χ2n) is 4.31. The molecule has 2 aromatic heterocycles. The van der Waals surface area contributed by atoms with Crippen molar-refractivity contribution in [3.63, 3.8) is 0 Å². The molecular weight excluding hydrogens is 242 g/mol. The van der Waals surface area contributed by atoms with Crippen LogP contribution in [0.2, 0.25) is 0 Å². The Morgan fingerprint density at radius 1 is 1.37 bits per heavy atom. The van der Waals surface area contributed by atoms with E-state index in [4.69, 9.17) is 5.11 Å². The van der Waals surface area contributed by atoms with Gasteiger partial charge in [-0.2, -0.15) is 0 Å². The second-order valence-corrected chi connectivity index (χ2v) is 4.31. The fourth-order valence-corrected chi connectivity index (χ4v) is 1.79. The lowest BCUT2D eigenvalue weighted by atomic mass is 10.2. The first kappa shape index (κ1) is 13.0. The van der Waals surface area contributed by atoms with Crippen LogP contribution < -0.4 is 5.32 Å². The summed E-state index contributed by atoms with van der Waals surface area (Å²) in [5.41, 5.74) is 1.77. The summed E-state index contributed by atoms with van der Waals surface area (Å²) in [6, 6.07) is 8.69. The molecule has 0 aliphatic carbocycles. The summed E-state index contributed by atoms with van der Waals surface area (Å²) in [6.07, 6.45) is 1.72. The third-order valence-corrected chi connectivity index (χ3v) is 2.70. The lowest BCUT2D eigenvalue weighted by Crippen LogP contribution is -2.11. The zero-order valence-electron chi connectivity index (χ0n) is 10.8. The van der Waals surface area contributed by atoms with Gasteiger partial charge in [0.1, 0.15) is 5.82 Å². The molecule has 5 heteroatoms. The first-order chi connectivity index (χ1) is 9.06. The molecule has 2 N–H and O–H groups in total. The van der Waals surface area contributed by atoms with E-state index in [0.717, 1.165) is 5.69 Å². The van der Waals surface area contributed by atoms with Crippen LogP contribution in [0.5, 0.6) is 0 Å². The maximum Gasteiger partial charge on any atom is 0.335 e. The number of pyridine rings is 2. The molecule has 0 aliphatic heterocycles. The van der Waals surface area contributed by atoms with Crippen molar-refractivity contribution in [2.24, 2.45) is 0 Å². The molecular formula is C14H15N3O2. The predicted octanol–water partition coefficient (Wildman–Crippen LogP) is 2.66. The SMILES string of the molecule is Cc1cc(C(=O)O)cc(NC(C)c2ccccn2)n1. The van der Waals surface area contributed by atoms with E-state index in [1.807, 2.05) is 25.1 Å². The predicted molar refractivity (Wildman–Crippen MR) is 72.2 cm³/mol. The largest absolute Gasteiger partial charge is 0.478 e. The highest BCUT2D eigenvalue weighted by atomic mass is 16.4. The molecule has 0 saturated heterocycles. The molecule has 2 heterocycles. The van der Waals surface area contributed by atoms with Crippen molar-refractivity contribution in [2.75, 3.05) is 5.32 Å². The van der Waals surface area contributed by atoms with Crippen LogP contribution in [-0.4, -0.2) is 21.0 Å². The Bertz CT molecular complexity index is 584. The number of aryl methyl sites for hydroxylation is 1. The van der Waals surface area contributed by atoms with Crippen LogP contribution in [0.15, 0.2) is 36.5 Å². The maximum atomic E-state index is 11.0. The number of hydrogen-bond acceptors (Lipinski definition) is 4. The van der Waals surface area contributed by atoms with Crippen LogP contribution in [0.25, 0.3) is 0 Å².